The van der Waals surface area contributed by atoms with Crippen LogP contribution in [-0.4, -0.2) is 25.6 Å². The maximum atomic E-state index is 11.2. The van der Waals surface area contributed by atoms with E-state index in [0.717, 1.165) is 33.5 Å². The van der Waals surface area contributed by atoms with Crippen molar-refractivity contribution in [3.05, 3.63) is 58.9 Å². The standard InChI is InChI=1S/C18H12N4O3S/c1-10-16(18(23)24)26-17(21-10)11-2-3-15-14(4-11)12(5-19)6-22(15)7-13-8-25-9-20-13/h2-4,6,8-9H,7H2,1H3,(H,23,24). The molecule has 8 heteroatoms. The Morgan fingerprint density at radius 1 is 1.46 bits per heavy atom. The Hall–Kier alpha value is -3.44. The van der Waals surface area contributed by atoms with E-state index in [-0.39, 0.29) is 4.88 Å². The topological polar surface area (TPSA) is 105 Å². The van der Waals surface area contributed by atoms with Crippen molar-refractivity contribution in [1.82, 2.24) is 14.5 Å². The van der Waals surface area contributed by atoms with Crippen LogP contribution in [0.4, 0.5) is 0 Å². The Balaban J connectivity index is 1.81. The van der Waals surface area contributed by atoms with Gasteiger partial charge in [-0.25, -0.2) is 14.8 Å². The minimum atomic E-state index is -0.983. The summed E-state index contributed by atoms with van der Waals surface area (Å²) in [5.41, 5.74) is 3.46. The zero-order chi connectivity index (χ0) is 18.3. The van der Waals surface area contributed by atoms with Crippen molar-refractivity contribution in [2.75, 3.05) is 0 Å². The Morgan fingerprint density at radius 3 is 2.96 bits per heavy atom. The number of thiazole rings is 1. The second kappa shape index (κ2) is 6.13. The van der Waals surface area contributed by atoms with Gasteiger partial charge in [0.2, 0.25) is 0 Å². The number of aromatic nitrogens is 3. The summed E-state index contributed by atoms with van der Waals surface area (Å²) in [4.78, 5) is 19.9. The van der Waals surface area contributed by atoms with Gasteiger partial charge in [0.15, 0.2) is 6.39 Å². The predicted molar refractivity (Wildman–Crippen MR) is 95.1 cm³/mol. The number of fused-ring (bicyclic) bond motifs is 1. The molecule has 4 aromatic rings. The molecule has 3 heterocycles. The number of aromatic carboxylic acids is 1. The van der Waals surface area contributed by atoms with Crippen LogP contribution in [0.1, 0.15) is 26.6 Å². The summed E-state index contributed by atoms with van der Waals surface area (Å²) in [5, 5.41) is 20.1. The van der Waals surface area contributed by atoms with Crippen molar-refractivity contribution in [1.29, 1.82) is 5.26 Å². The fourth-order valence-corrected chi connectivity index (χ4v) is 3.76. The summed E-state index contributed by atoms with van der Waals surface area (Å²) in [6.45, 7) is 2.17. The number of aryl methyl sites for hydroxylation is 1. The molecule has 7 nitrogen and oxygen atoms in total. The molecule has 0 atom stereocenters. The van der Waals surface area contributed by atoms with Gasteiger partial charge in [0.1, 0.15) is 22.2 Å². The highest BCUT2D eigenvalue weighted by atomic mass is 32.1. The first-order valence-corrected chi connectivity index (χ1v) is 8.49. The smallest absolute Gasteiger partial charge is 0.347 e. The first-order chi connectivity index (χ1) is 12.6. The maximum Gasteiger partial charge on any atom is 0.347 e. The first kappa shape index (κ1) is 16.1. The van der Waals surface area contributed by atoms with Gasteiger partial charge < -0.3 is 14.1 Å². The molecule has 26 heavy (non-hydrogen) atoms. The third-order valence-corrected chi connectivity index (χ3v) is 5.25. The predicted octanol–water partition coefficient (Wildman–Crippen LogP) is 3.68. The molecule has 0 unspecified atom stereocenters. The Bertz CT molecular complexity index is 1170. The molecule has 3 aromatic heterocycles. The van der Waals surface area contributed by atoms with E-state index in [1.807, 2.05) is 22.8 Å². The highest BCUT2D eigenvalue weighted by Gasteiger charge is 2.17. The minimum absolute atomic E-state index is 0.226. The van der Waals surface area contributed by atoms with Crippen LogP contribution in [0.5, 0.6) is 0 Å². The van der Waals surface area contributed by atoms with Crippen LogP contribution >= 0.6 is 11.3 Å². The average molecular weight is 364 g/mol. The van der Waals surface area contributed by atoms with Gasteiger partial charge in [0.25, 0.3) is 0 Å². The van der Waals surface area contributed by atoms with Crippen LogP contribution in [0.25, 0.3) is 21.5 Å². The molecular formula is C18H12N4O3S. The van der Waals surface area contributed by atoms with E-state index in [0.29, 0.717) is 22.8 Å². The lowest BCUT2D eigenvalue weighted by Gasteiger charge is -2.03. The Labute approximate surface area is 151 Å². The van der Waals surface area contributed by atoms with Crippen LogP contribution in [0.2, 0.25) is 0 Å². The number of hydrogen-bond donors (Lipinski definition) is 1. The van der Waals surface area contributed by atoms with Crippen molar-refractivity contribution in [2.45, 2.75) is 13.5 Å². The van der Waals surface area contributed by atoms with Gasteiger partial charge in [-0.2, -0.15) is 5.26 Å². The number of carboxylic acid groups (broad SMARTS) is 1. The highest BCUT2D eigenvalue weighted by Crippen LogP contribution is 2.32. The van der Waals surface area contributed by atoms with Crippen molar-refractivity contribution in [3.63, 3.8) is 0 Å². The Kier molecular flexibility index (Phi) is 3.78. The summed E-state index contributed by atoms with van der Waals surface area (Å²) in [7, 11) is 0. The number of rotatable bonds is 4. The van der Waals surface area contributed by atoms with E-state index in [1.54, 1.807) is 19.4 Å². The summed E-state index contributed by atoms with van der Waals surface area (Å²) < 4.78 is 6.93. The summed E-state index contributed by atoms with van der Waals surface area (Å²) in [5.74, 6) is -0.983. The molecule has 1 aromatic carbocycles. The van der Waals surface area contributed by atoms with Gasteiger partial charge in [-0.15, -0.1) is 11.3 Å². The molecule has 0 aliphatic carbocycles. The molecule has 0 radical (unpaired) electrons. The maximum absolute atomic E-state index is 11.2. The van der Waals surface area contributed by atoms with Crippen LogP contribution in [0.15, 0.2) is 41.5 Å². The van der Waals surface area contributed by atoms with Gasteiger partial charge in [-0.1, -0.05) is 0 Å². The summed E-state index contributed by atoms with van der Waals surface area (Å²) >= 11 is 1.13. The number of benzene rings is 1. The molecule has 0 saturated carbocycles. The second-order valence-corrected chi connectivity index (χ2v) is 6.73. The van der Waals surface area contributed by atoms with E-state index in [1.165, 1.54) is 6.39 Å². The van der Waals surface area contributed by atoms with E-state index in [4.69, 9.17) is 4.42 Å². The monoisotopic (exact) mass is 364 g/mol. The molecule has 128 valence electrons. The van der Waals surface area contributed by atoms with E-state index < -0.39 is 5.97 Å². The van der Waals surface area contributed by atoms with Gasteiger partial charge in [0.05, 0.1) is 23.5 Å². The Morgan fingerprint density at radius 2 is 2.31 bits per heavy atom. The molecular weight excluding hydrogens is 352 g/mol. The molecule has 0 aliphatic heterocycles. The van der Waals surface area contributed by atoms with E-state index >= 15 is 0 Å². The number of hydrogen-bond acceptors (Lipinski definition) is 6. The van der Waals surface area contributed by atoms with Gasteiger partial charge in [-0.05, 0) is 25.1 Å². The zero-order valence-corrected chi connectivity index (χ0v) is 14.4. The van der Waals surface area contributed by atoms with Gasteiger partial charge in [0, 0.05) is 22.7 Å². The van der Waals surface area contributed by atoms with Crippen molar-refractivity contribution >= 4 is 28.2 Å². The van der Waals surface area contributed by atoms with E-state index in [2.05, 4.69) is 16.0 Å². The number of nitrogens with zero attached hydrogens (tertiary/aromatic N) is 4. The summed E-state index contributed by atoms with van der Waals surface area (Å²) in [6, 6.07) is 7.87. The van der Waals surface area contributed by atoms with Crippen LogP contribution in [-0.2, 0) is 6.54 Å². The van der Waals surface area contributed by atoms with Crippen molar-refractivity contribution < 1.29 is 14.3 Å². The lowest BCUT2D eigenvalue weighted by Crippen LogP contribution is -1.97. The fourth-order valence-electron chi connectivity index (χ4n) is 2.86. The third kappa shape index (κ3) is 2.64. The number of carbonyl (C=O) groups is 1. The largest absolute Gasteiger partial charge is 0.477 e. The zero-order valence-electron chi connectivity index (χ0n) is 13.6. The van der Waals surface area contributed by atoms with Crippen LogP contribution in [0.3, 0.4) is 0 Å². The number of nitriles is 1. The third-order valence-electron chi connectivity index (χ3n) is 4.06. The molecule has 0 fully saturated rings. The number of oxazole rings is 1. The molecule has 4 rings (SSSR count). The normalized spacial score (nSPS) is 10.9. The van der Waals surface area contributed by atoms with Gasteiger partial charge >= 0.3 is 5.97 Å². The summed E-state index contributed by atoms with van der Waals surface area (Å²) in [6.07, 6.45) is 4.71. The van der Waals surface area contributed by atoms with Crippen LogP contribution in [0, 0.1) is 18.3 Å². The molecule has 0 spiro atoms. The van der Waals surface area contributed by atoms with E-state index in [9.17, 15) is 15.2 Å². The molecule has 0 saturated heterocycles. The van der Waals surface area contributed by atoms with Crippen molar-refractivity contribution in [2.24, 2.45) is 0 Å². The minimum Gasteiger partial charge on any atom is -0.477 e. The van der Waals surface area contributed by atoms with Gasteiger partial charge in [-0.3, -0.25) is 0 Å². The molecule has 1 N–H and O–H groups in total. The average Bonchev–Trinajstić information content (AvgIpc) is 3.34. The first-order valence-electron chi connectivity index (χ1n) is 7.68. The molecule has 0 amide bonds. The number of carboxylic acids is 1. The quantitative estimate of drug-likeness (QED) is 0.592. The SMILES string of the molecule is Cc1nc(-c2ccc3c(c2)c(C#N)cn3Cc2cocn2)sc1C(=O)O. The molecule has 0 bridgehead atoms. The van der Waals surface area contributed by atoms with Crippen LogP contribution < -0.4 is 0 Å². The fraction of sp³-hybridized carbons (Fsp3) is 0.111. The molecule has 0 aliphatic rings. The highest BCUT2D eigenvalue weighted by molar-refractivity contribution is 7.17. The lowest BCUT2D eigenvalue weighted by atomic mass is 10.1. The lowest BCUT2D eigenvalue weighted by molar-refractivity contribution is 0.0701. The second-order valence-electron chi connectivity index (χ2n) is 5.73. The van der Waals surface area contributed by atoms with Crippen molar-refractivity contribution in [3.8, 4) is 16.6 Å².